The summed E-state index contributed by atoms with van der Waals surface area (Å²) in [5.74, 6) is -4.12. The highest BCUT2D eigenvalue weighted by atomic mass is 16.6. The average Bonchev–Trinajstić information content (AvgIpc) is 3.21. The van der Waals surface area contributed by atoms with Crippen molar-refractivity contribution in [3.63, 3.8) is 0 Å². The first-order chi connectivity index (χ1) is 28.6. The van der Waals surface area contributed by atoms with Crippen LogP contribution in [-0.2, 0) is 38.2 Å². The Morgan fingerprint density at radius 3 is 2.12 bits per heavy atom. The van der Waals surface area contributed by atoms with Crippen LogP contribution in [0.25, 0.3) is 0 Å². The third-order valence-electron chi connectivity index (χ3n) is 9.88. The van der Waals surface area contributed by atoms with Crippen molar-refractivity contribution in [3.8, 4) is 5.75 Å². The highest BCUT2D eigenvalue weighted by molar-refractivity contribution is 6.38. The predicted molar refractivity (Wildman–Crippen MR) is 226 cm³/mol. The van der Waals surface area contributed by atoms with E-state index in [4.69, 9.17) is 14.2 Å². The van der Waals surface area contributed by atoms with Crippen molar-refractivity contribution in [1.29, 1.82) is 0 Å². The number of carbonyl (C=O) groups excluding carboxylic acids is 7. The Hall–Kier alpha value is -5.47. The van der Waals surface area contributed by atoms with Crippen molar-refractivity contribution < 1.29 is 47.8 Å². The first-order valence-corrected chi connectivity index (χ1v) is 21.2. The normalized spacial score (nSPS) is 14.9. The standard InChI is InChI=1S/C45H65N5O10/c1-7-19-35(39(52)42(55)46-29-36(51)49-38(33-23-14-11-15-24-33)43(56)60-45(4,5)6)48-40(53)31(3)47-41(54)37(32-21-12-10-13-22-32)50-44(57)59-27-17-9-8-16-26-58-34-25-18-20-30(2)28-34/h11,14-15,18,20,23-25,28,31-32,35,37-38H,7-10,12-13,16-17,19,21-22,26-27,29H2,1-6H3,(H,46,55)(H,47,54)(H,48,53)(H,49,51)(H,50,57). The largest absolute Gasteiger partial charge is 0.494 e. The molecule has 0 spiro atoms. The van der Waals surface area contributed by atoms with E-state index in [1.54, 1.807) is 58.0 Å². The van der Waals surface area contributed by atoms with E-state index in [-0.39, 0.29) is 18.9 Å². The number of ether oxygens (including phenoxy) is 3. The van der Waals surface area contributed by atoms with Crippen LogP contribution in [0.4, 0.5) is 4.79 Å². The van der Waals surface area contributed by atoms with Crippen LogP contribution in [0, 0.1) is 12.8 Å². The fraction of sp³-hybridized carbons (Fsp3) is 0.578. The lowest BCUT2D eigenvalue weighted by atomic mass is 9.83. The lowest BCUT2D eigenvalue weighted by molar-refractivity contribution is -0.158. The minimum atomic E-state index is -1.24. The van der Waals surface area contributed by atoms with Gasteiger partial charge in [0.2, 0.25) is 23.5 Å². The van der Waals surface area contributed by atoms with Gasteiger partial charge in [-0.25, -0.2) is 9.59 Å². The summed E-state index contributed by atoms with van der Waals surface area (Å²) in [6, 6.07) is 11.9. The Morgan fingerprint density at radius 2 is 1.47 bits per heavy atom. The van der Waals surface area contributed by atoms with Crippen LogP contribution in [0.5, 0.6) is 5.75 Å². The third-order valence-corrected chi connectivity index (χ3v) is 9.88. The molecule has 1 saturated carbocycles. The second kappa shape index (κ2) is 25.2. The van der Waals surface area contributed by atoms with Gasteiger partial charge >= 0.3 is 12.1 Å². The quantitative estimate of drug-likeness (QED) is 0.0556. The summed E-state index contributed by atoms with van der Waals surface area (Å²) in [5, 5.41) is 12.8. The van der Waals surface area contributed by atoms with Gasteiger partial charge in [-0.3, -0.25) is 24.0 Å². The maximum atomic E-state index is 13.6. The first kappa shape index (κ1) is 48.9. The lowest BCUT2D eigenvalue weighted by Crippen LogP contribution is -2.57. The molecule has 0 aliphatic heterocycles. The van der Waals surface area contributed by atoms with Gasteiger partial charge in [-0.1, -0.05) is 75.1 Å². The van der Waals surface area contributed by atoms with Crippen LogP contribution < -0.4 is 31.3 Å². The highest BCUT2D eigenvalue weighted by Gasteiger charge is 2.35. The van der Waals surface area contributed by atoms with Gasteiger partial charge in [0.15, 0.2) is 6.04 Å². The predicted octanol–water partition coefficient (Wildman–Crippen LogP) is 5.28. The molecule has 0 heterocycles. The third kappa shape index (κ3) is 17.8. The first-order valence-electron chi connectivity index (χ1n) is 21.2. The molecule has 0 aromatic heterocycles. The molecule has 15 nitrogen and oxygen atoms in total. The van der Waals surface area contributed by atoms with Crippen molar-refractivity contribution in [1.82, 2.24) is 26.6 Å². The van der Waals surface area contributed by atoms with Crippen LogP contribution in [-0.4, -0.2) is 85.0 Å². The SMILES string of the molecule is CCCC(NC(=O)C(C)NC(=O)C(NC(=O)OCCCCCCOc1cccc(C)c1)C1CCCCC1)C(=O)C(=O)NCC(=O)NC(C(=O)OC(C)(C)C)c1ccccc1. The minimum absolute atomic E-state index is 0.110. The number of ketones is 1. The van der Waals surface area contributed by atoms with Gasteiger partial charge in [0.25, 0.3) is 5.91 Å². The maximum absolute atomic E-state index is 13.6. The second-order valence-corrected chi connectivity index (χ2v) is 16.3. The topological polar surface area (TPSA) is 207 Å². The summed E-state index contributed by atoms with van der Waals surface area (Å²) >= 11 is 0. The summed E-state index contributed by atoms with van der Waals surface area (Å²) in [6.45, 7) is 10.5. The molecule has 60 heavy (non-hydrogen) atoms. The number of benzene rings is 2. The molecule has 330 valence electrons. The van der Waals surface area contributed by atoms with Gasteiger partial charge < -0.3 is 40.8 Å². The monoisotopic (exact) mass is 835 g/mol. The van der Waals surface area contributed by atoms with Crippen molar-refractivity contribution in [2.24, 2.45) is 5.92 Å². The Morgan fingerprint density at radius 1 is 0.783 bits per heavy atom. The number of alkyl carbamates (subject to hydrolysis) is 1. The molecule has 2 aromatic rings. The molecule has 1 aliphatic rings. The molecular weight excluding hydrogens is 771 g/mol. The molecule has 0 radical (unpaired) electrons. The molecule has 5 N–H and O–H groups in total. The summed E-state index contributed by atoms with van der Waals surface area (Å²) in [7, 11) is 0. The number of hydrogen-bond acceptors (Lipinski definition) is 10. The van der Waals surface area contributed by atoms with E-state index in [1.165, 1.54) is 6.92 Å². The molecule has 0 bridgehead atoms. The molecule has 0 saturated heterocycles. The summed E-state index contributed by atoms with van der Waals surface area (Å²) in [4.78, 5) is 91.8. The fourth-order valence-corrected chi connectivity index (χ4v) is 6.78. The van der Waals surface area contributed by atoms with E-state index in [0.717, 1.165) is 62.7 Å². The van der Waals surface area contributed by atoms with Gasteiger partial charge in [0, 0.05) is 0 Å². The van der Waals surface area contributed by atoms with Crippen LogP contribution >= 0.6 is 0 Å². The molecule has 1 aliphatic carbocycles. The number of amides is 5. The summed E-state index contributed by atoms with van der Waals surface area (Å²) in [6.07, 6.45) is 7.35. The summed E-state index contributed by atoms with van der Waals surface area (Å²) < 4.78 is 16.7. The molecular formula is C45H65N5O10. The van der Waals surface area contributed by atoms with Crippen LogP contribution in [0.15, 0.2) is 54.6 Å². The van der Waals surface area contributed by atoms with E-state index in [0.29, 0.717) is 25.0 Å². The molecule has 3 rings (SSSR count). The van der Waals surface area contributed by atoms with E-state index in [9.17, 15) is 33.6 Å². The smallest absolute Gasteiger partial charge is 0.407 e. The van der Waals surface area contributed by atoms with Gasteiger partial charge in [-0.2, -0.15) is 0 Å². The van der Waals surface area contributed by atoms with Gasteiger partial charge in [-0.05, 0) is 109 Å². The average molecular weight is 836 g/mol. The number of hydrogen-bond donors (Lipinski definition) is 5. The Bertz CT molecular complexity index is 1720. The number of esters is 1. The highest BCUT2D eigenvalue weighted by Crippen LogP contribution is 2.27. The van der Waals surface area contributed by atoms with Crippen molar-refractivity contribution >= 4 is 41.5 Å². The number of nitrogens with one attached hydrogen (secondary N) is 5. The number of aryl methyl sites for hydroxylation is 1. The van der Waals surface area contributed by atoms with Crippen LogP contribution in [0.1, 0.15) is 122 Å². The molecule has 5 amide bonds. The molecule has 4 unspecified atom stereocenters. The Labute approximate surface area is 354 Å². The number of carbonyl (C=O) groups is 7. The van der Waals surface area contributed by atoms with E-state index >= 15 is 0 Å². The maximum Gasteiger partial charge on any atom is 0.407 e. The number of Topliss-reactive ketones (excluding diaryl/α,β-unsaturated/α-hetero) is 1. The van der Waals surface area contributed by atoms with Gasteiger partial charge in [0.1, 0.15) is 23.4 Å². The number of unbranched alkanes of at least 4 members (excludes halogenated alkanes) is 3. The minimum Gasteiger partial charge on any atom is -0.494 e. The second-order valence-electron chi connectivity index (χ2n) is 16.3. The zero-order valence-electron chi connectivity index (χ0n) is 36.1. The fourth-order valence-electron chi connectivity index (χ4n) is 6.78. The van der Waals surface area contributed by atoms with Crippen molar-refractivity contribution in [2.75, 3.05) is 19.8 Å². The lowest BCUT2D eigenvalue weighted by Gasteiger charge is -2.30. The number of rotatable bonds is 23. The van der Waals surface area contributed by atoms with E-state index in [2.05, 4.69) is 26.6 Å². The molecule has 4 atom stereocenters. The molecule has 1 fully saturated rings. The molecule has 15 heteroatoms. The zero-order valence-corrected chi connectivity index (χ0v) is 36.1. The van der Waals surface area contributed by atoms with Gasteiger partial charge in [0.05, 0.1) is 25.8 Å². The Kier molecular flexibility index (Phi) is 20.6. The van der Waals surface area contributed by atoms with E-state index in [1.807, 2.05) is 31.2 Å². The van der Waals surface area contributed by atoms with Crippen LogP contribution in [0.2, 0.25) is 0 Å². The molecule has 2 aromatic carbocycles. The summed E-state index contributed by atoms with van der Waals surface area (Å²) in [5.41, 5.74) is 0.781. The zero-order chi connectivity index (χ0) is 44.1. The Balaban J connectivity index is 1.49. The van der Waals surface area contributed by atoms with Crippen LogP contribution in [0.3, 0.4) is 0 Å². The van der Waals surface area contributed by atoms with Crippen molar-refractivity contribution in [2.45, 2.75) is 142 Å². The van der Waals surface area contributed by atoms with Crippen molar-refractivity contribution in [3.05, 3.63) is 65.7 Å². The van der Waals surface area contributed by atoms with Gasteiger partial charge in [-0.15, -0.1) is 0 Å². The van der Waals surface area contributed by atoms with E-state index < -0.39 is 77.8 Å².